The predicted molar refractivity (Wildman–Crippen MR) is 111 cm³/mol. The summed E-state index contributed by atoms with van der Waals surface area (Å²) in [6.07, 6.45) is 2.38. The molecule has 1 aromatic carbocycles. The molecule has 154 valence electrons. The van der Waals surface area contributed by atoms with Gasteiger partial charge in [-0.1, -0.05) is 20.8 Å². The second-order valence-corrected chi connectivity index (χ2v) is 12.9. The van der Waals surface area contributed by atoms with Crippen molar-refractivity contribution >= 4 is 14.2 Å². The van der Waals surface area contributed by atoms with E-state index in [-0.39, 0.29) is 5.04 Å². The van der Waals surface area contributed by atoms with Crippen molar-refractivity contribution in [2.75, 3.05) is 27.9 Å². The van der Waals surface area contributed by atoms with Crippen molar-refractivity contribution in [1.29, 1.82) is 0 Å². The van der Waals surface area contributed by atoms with Crippen molar-refractivity contribution in [2.24, 2.45) is 5.73 Å². The Morgan fingerprint density at radius 1 is 1.04 bits per heavy atom. The summed E-state index contributed by atoms with van der Waals surface area (Å²) < 4.78 is 22.5. The Morgan fingerprint density at radius 3 is 2.07 bits per heavy atom. The van der Waals surface area contributed by atoms with E-state index in [4.69, 9.17) is 24.4 Å². The van der Waals surface area contributed by atoms with E-state index >= 15 is 0 Å². The number of benzene rings is 1. The predicted octanol–water partition coefficient (Wildman–Crippen LogP) is 4.16. The van der Waals surface area contributed by atoms with Gasteiger partial charge in [0.25, 0.3) is 0 Å². The number of hydrogen-bond donors (Lipinski definition) is 1. The van der Waals surface area contributed by atoms with E-state index in [1.54, 1.807) is 20.3 Å². The third-order valence-corrected chi connectivity index (χ3v) is 9.83. The van der Waals surface area contributed by atoms with E-state index in [2.05, 4.69) is 33.9 Å². The van der Waals surface area contributed by atoms with Crippen LogP contribution in [0.3, 0.4) is 0 Å². The fourth-order valence-electron chi connectivity index (χ4n) is 2.63. The van der Waals surface area contributed by atoms with Crippen LogP contribution in [-0.4, -0.2) is 42.2 Å². The molecular formula is C20H35NO5Si. The largest absolute Gasteiger partial charge is 0.493 e. The molecule has 0 aliphatic rings. The lowest BCUT2D eigenvalue weighted by Crippen LogP contribution is -2.40. The highest BCUT2D eigenvalue weighted by Gasteiger charge is 2.36. The molecule has 1 amide bonds. The molecule has 0 bridgehead atoms. The summed E-state index contributed by atoms with van der Waals surface area (Å²) in [6.45, 7) is 11.9. The monoisotopic (exact) mass is 397 g/mol. The maximum atomic E-state index is 11.9. The lowest BCUT2D eigenvalue weighted by molar-refractivity contribution is 0.0998. The number of methoxy groups -OCH3 is 3. The van der Waals surface area contributed by atoms with Crippen LogP contribution in [0.2, 0.25) is 18.1 Å². The van der Waals surface area contributed by atoms with Crippen LogP contribution in [0.4, 0.5) is 0 Å². The smallest absolute Gasteiger partial charge is 0.249 e. The maximum Gasteiger partial charge on any atom is 0.249 e. The minimum Gasteiger partial charge on any atom is -0.493 e. The molecular weight excluding hydrogens is 362 g/mol. The summed E-state index contributed by atoms with van der Waals surface area (Å²) >= 11 is 0. The molecule has 7 heteroatoms. The molecule has 0 radical (unpaired) electrons. The van der Waals surface area contributed by atoms with Gasteiger partial charge >= 0.3 is 0 Å². The van der Waals surface area contributed by atoms with E-state index in [0.717, 1.165) is 18.4 Å². The summed E-state index contributed by atoms with van der Waals surface area (Å²) in [7, 11) is 2.86. The number of rotatable bonds is 10. The number of unbranched alkanes of at least 4 members (excludes halogenated alkanes) is 1. The van der Waals surface area contributed by atoms with E-state index in [9.17, 15) is 4.79 Å². The number of hydrogen-bond acceptors (Lipinski definition) is 5. The van der Waals surface area contributed by atoms with Crippen LogP contribution in [0.15, 0.2) is 6.07 Å². The first kappa shape index (κ1) is 23.3. The van der Waals surface area contributed by atoms with E-state index in [1.165, 1.54) is 7.11 Å². The Kier molecular flexibility index (Phi) is 8.17. The number of ether oxygens (including phenoxy) is 3. The third kappa shape index (κ3) is 5.62. The summed E-state index contributed by atoms with van der Waals surface area (Å²) in [4.78, 5) is 11.9. The fourth-order valence-corrected chi connectivity index (χ4v) is 3.72. The zero-order valence-electron chi connectivity index (χ0n) is 18.0. The number of carbonyl (C=O) groups excluding carboxylic acids is 1. The van der Waals surface area contributed by atoms with Crippen molar-refractivity contribution < 1.29 is 23.4 Å². The molecule has 0 atom stereocenters. The molecule has 0 saturated heterocycles. The molecule has 0 saturated carbocycles. The van der Waals surface area contributed by atoms with Crippen LogP contribution in [0, 0.1) is 0 Å². The van der Waals surface area contributed by atoms with Gasteiger partial charge in [0.2, 0.25) is 11.7 Å². The van der Waals surface area contributed by atoms with Crippen LogP contribution in [0.25, 0.3) is 0 Å². The molecule has 6 nitrogen and oxygen atoms in total. The standard InChI is InChI=1S/C20H35NO5Si/c1-20(2,3)27(7,8)26-12-10-9-11-14-15(19(21)22)13-16(23-4)18(25-6)17(14)24-5/h13H,9-12H2,1-8H3,(H2,21,22). The normalized spacial score (nSPS) is 12.0. The Morgan fingerprint density at radius 2 is 1.63 bits per heavy atom. The summed E-state index contributed by atoms with van der Waals surface area (Å²) in [5.74, 6) is 0.878. The first-order chi connectivity index (χ1) is 12.5. The van der Waals surface area contributed by atoms with Gasteiger partial charge in [0.05, 0.1) is 21.3 Å². The van der Waals surface area contributed by atoms with Crippen molar-refractivity contribution in [3.63, 3.8) is 0 Å². The molecule has 0 spiro atoms. The molecule has 1 rings (SSSR count). The van der Waals surface area contributed by atoms with Gasteiger partial charge in [-0.3, -0.25) is 4.79 Å². The molecule has 0 aliphatic carbocycles. The second-order valence-electron chi connectivity index (χ2n) is 8.10. The van der Waals surface area contributed by atoms with Crippen molar-refractivity contribution in [1.82, 2.24) is 0 Å². The Labute approximate surface area is 164 Å². The van der Waals surface area contributed by atoms with Crippen molar-refractivity contribution in [2.45, 2.75) is 58.2 Å². The average molecular weight is 398 g/mol. The first-order valence-electron chi connectivity index (χ1n) is 9.25. The van der Waals surface area contributed by atoms with Gasteiger partial charge in [-0.25, -0.2) is 0 Å². The molecule has 0 fully saturated rings. The lowest BCUT2D eigenvalue weighted by atomic mass is 9.99. The highest BCUT2D eigenvalue weighted by Crippen LogP contribution is 2.42. The molecule has 0 heterocycles. The number of nitrogens with two attached hydrogens (primary N) is 1. The molecule has 27 heavy (non-hydrogen) atoms. The van der Waals surface area contributed by atoms with Crippen LogP contribution in [0.1, 0.15) is 49.5 Å². The van der Waals surface area contributed by atoms with E-state index < -0.39 is 14.2 Å². The minimum absolute atomic E-state index is 0.193. The zero-order valence-corrected chi connectivity index (χ0v) is 19.0. The number of amides is 1. The molecule has 0 aliphatic heterocycles. The highest BCUT2D eigenvalue weighted by atomic mass is 28.4. The van der Waals surface area contributed by atoms with Crippen LogP contribution >= 0.6 is 0 Å². The van der Waals surface area contributed by atoms with Crippen molar-refractivity contribution in [3.05, 3.63) is 17.2 Å². The summed E-state index contributed by atoms with van der Waals surface area (Å²) in [5.41, 5.74) is 6.72. The second kappa shape index (κ2) is 9.46. The summed E-state index contributed by atoms with van der Waals surface area (Å²) in [6, 6.07) is 1.62. The highest BCUT2D eigenvalue weighted by molar-refractivity contribution is 6.74. The SMILES string of the molecule is COc1cc(C(N)=O)c(CCCCO[Si](C)(C)C(C)(C)C)c(OC)c1OC. The topological polar surface area (TPSA) is 80.0 Å². The zero-order chi connectivity index (χ0) is 20.8. The minimum atomic E-state index is -1.74. The van der Waals surface area contributed by atoms with Gasteiger partial charge < -0.3 is 24.4 Å². The van der Waals surface area contributed by atoms with Gasteiger partial charge in [0.15, 0.2) is 19.8 Å². The first-order valence-corrected chi connectivity index (χ1v) is 12.2. The van der Waals surface area contributed by atoms with Gasteiger partial charge in [0, 0.05) is 17.7 Å². The average Bonchev–Trinajstić information content (AvgIpc) is 2.58. The molecule has 0 unspecified atom stereocenters. The Bertz CT molecular complexity index is 653. The van der Waals surface area contributed by atoms with E-state index in [1.807, 2.05) is 0 Å². The quantitative estimate of drug-likeness (QED) is 0.474. The number of primary amides is 1. The van der Waals surface area contributed by atoms with Gasteiger partial charge in [-0.2, -0.15) is 0 Å². The molecule has 2 N–H and O–H groups in total. The van der Waals surface area contributed by atoms with Crippen LogP contribution in [0.5, 0.6) is 17.2 Å². The fraction of sp³-hybridized carbons (Fsp3) is 0.650. The van der Waals surface area contributed by atoms with Gasteiger partial charge in [0.1, 0.15) is 0 Å². The summed E-state index contributed by atoms with van der Waals surface area (Å²) in [5, 5.41) is 0.193. The Balaban J connectivity index is 2.92. The van der Waals surface area contributed by atoms with E-state index in [0.29, 0.717) is 35.8 Å². The van der Waals surface area contributed by atoms with Gasteiger partial charge in [-0.05, 0) is 43.5 Å². The third-order valence-electron chi connectivity index (χ3n) is 5.29. The lowest BCUT2D eigenvalue weighted by Gasteiger charge is -2.36. The van der Waals surface area contributed by atoms with Crippen LogP contribution in [-0.2, 0) is 10.8 Å². The van der Waals surface area contributed by atoms with Crippen molar-refractivity contribution in [3.8, 4) is 17.2 Å². The molecule has 0 aromatic heterocycles. The van der Waals surface area contributed by atoms with Crippen LogP contribution < -0.4 is 19.9 Å². The van der Waals surface area contributed by atoms with Gasteiger partial charge in [-0.15, -0.1) is 0 Å². The maximum absolute atomic E-state index is 11.9. The Hall–Kier alpha value is -1.73. The molecule has 1 aromatic rings. The number of carbonyl (C=O) groups is 1.